The maximum absolute atomic E-state index is 11.3. The molecule has 2 N–H and O–H groups in total. The summed E-state index contributed by atoms with van der Waals surface area (Å²) in [6.07, 6.45) is 4.53. The highest BCUT2D eigenvalue weighted by Gasteiger charge is 2.31. The fourth-order valence-electron chi connectivity index (χ4n) is 3.06. The van der Waals surface area contributed by atoms with Gasteiger partial charge < -0.3 is 10.6 Å². The third kappa shape index (κ3) is 2.66. The fourth-order valence-corrected chi connectivity index (χ4v) is 3.06. The number of nitro groups is 1. The molecule has 0 radical (unpaired) electrons. The number of hydrogen-bond acceptors (Lipinski definition) is 6. The molecule has 1 fully saturated rings. The highest BCUT2D eigenvalue weighted by atomic mass is 16.6. The Morgan fingerprint density at radius 3 is 2.60 bits per heavy atom. The van der Waals surface area contributed by atoms with E-state index >= 15 is 0 Å². The quantitative estimate of drug-likeness (QED) is 0.673. The molecular formula is C13H21N5O2. The van der Waals surface area contributed by atoms with Crippen LogP contribution >= 0.6 is 0 Å². The van der Waals surface area contributed by atoms with Crippen molar-refractivity contribution in [1.29, 1.82) is 0 Å². The van der Waals surface area contributed by atoms with Gasteiger partial charge in [-0.2, -0.15) is 4.98 Å². The molecule has 0 spiro atoms. The Hall–Kier alpha value is -1.92. The standard InChI is InChI=1S/C13H21N5O2/c1-8-6-4-5-7-10(8)17(3)12-11(18(19)20)9(2)15-13(14)16-12/h8,10H,4-7H2,1-3H3,(H2,14,15,16). The Morgan fingerprint density at radius 2 is 2.00 bits per heavy atom. The van der Waals surface area contributed by atoms with Gasteiger partial charge in [-0.25, -0.2) is 4.98 Å². The molecule has 1 aliphatic rings. The van der Waals surface area contributed by atoms with Crippen LogP contribution in [0.15, 0.2) is 0 Å². The molecule has 0 amide bonds. The van der Waals surface area contributed by atoms with Gasteiger partial charge >= 0.3 is 5.69 Å². The van der Waals surface area contributed by atoms with Crippen molar-refractivity contribution in [2.24, 2.45) is 5.92 Å². The highest BCUT2D eigenvalue weighted by molar-refractivity contribution is 5.62. The van der Waals surface area contributed by atoms with Gasteiger partial charge in [0.25, 0.3) is 0 Å². The lowest BCUT2D eigenvalue weighted by molar-refractivity contribution is -0.385. The molecule has 2 unspecified atom stereocenters. The van der Waals surface area contributed by atoms with Crippen LogP contribution in [0.4, 0.5) is 17.5 Å². The Balaban J connectivity index is 2.42. The van der Waals surface area contributed by atoms with Crippen molar-refractivity contribution >= 4 is 17.5 Å². The summed E-state index contributed by atoms with van der Waals surface area (Å²) in [4.78, 5) is 20.8. The van der Waals surface area contributed by atoms with Crippen molar-refractivity contribution in [2.75, 3.05) is 17.7 Å². The highest BCUT2D eigenvalue weighted by Crippen LogP contribution is 2.35. The molecule has 1 aromatic rings. The lowest BCUT2D eigenvalue weighted by Crippen LogP contribution is -2.40. The zero-order valence-corrected chi connectivity index (χ0v) is 12.2. The van der Waals surface area contributed by atoms with Crippen LogP contribution in [0.5, 0.6) is 0 Å². The average Bonchev–Trinajstić information content (AvgIpc) is 2.37. The molecule has 20 heavy (non-hydrogen) atoms. The molecule has 1 saturated carbocycles. The van der Waals surface area contributed by atoms with Crippen molar-refractivity contribution in [3.63, 3.8) is 0 Å². The molecule has 7 heteroatoms. The van der Waals surface area contributed by atoms with Crippen molar-refractivity contribution < 1.29 is 4.92 Å². The summed E-state index contributed by atoms with van der Waals surface area (Å²) in [6, 6.07) is 0.260. The predicted octanol–water partition coefficient (Wildman–Crippen LogP) is 2.29. The van der Waals surface area contributed by atoms with Crippen LogP contribution in [0.25, 0.3) is 0 Å². The Kier molecular flexibility index (Phi) is 4.06. The molecule has 0 aliphatic heterocycles. The second-order valence-electron chi connectivity index (χ2n) is 5.54. The van der Waals surface area contributed by atoms with E-state index in [1.807, 2.05) is 11.9 Å². The summed E-state index contributed by atoms with van der Waals surface area (Å²) < 4.78 is 0. The molecule has 1 aliphatic carbocycles. The van der Waals surface area contributed by atoms with E-state index in [4.69, 9.17) is 5.73 Å². The average molecular weight is 279 g/mol. The van der Waals surface area contributed by atoms with E-state index in [0.29, 0.717) is 17.4 Å². The summed E-state index contributed by atoms with van der Waals surface area (Å²) in [5, 5.41) is 11.3. The van der Waals surface area contributed by atoms with E-state index in [-0.39, 0.29) is 17.7 Å². The van der Waals surface area contributed by atoms with E-state index in [1.54, 1.807) is 6.92 Å². The summed E-state index contributed by atoms with van der Waals surface area (Å²) in [6.45, 7) is 3.78. The van der Waals surface area contributed by atoms with Crippen LogP contribution in [0.3, 0.4) is 0 Å². The molecule has 2 atom stereocenters. The maximum Gasteiger partial charge on any atom is 0.332 e. The minimum atomic E-state index is -0.423. The van der Waals surface area contributed by atoms with E-state index in [2.05, 4.69) is 16.9 Å². The second-order valence-corrected chi connectivity index (χ2v) is 5.54. The van der Waals surface area contributed by atoms with Crippen LogP contribution in [0.2, 0.25) is 0 Å². The Morgan fingerprint density at radius 1 is 1.35 bits per heavy atom. The molecule has 0 saturated heterocycles. The molecule has 2 rings (SSSR count). The third-order valence-electron chi connectivity index (χ3n) is 4.14. The normalized spacial score (nSPS) is 22.6. The van der Waals surface area contributed by atoms with Gasteiger partial charge in [-0.05, 0) is 25.7 Å². The minimum absolute atomic E-state index is 0.0422. The van der Waals surface area contributed by atoms with E-state index < -0.39 is 4.92 Å². The van der Waals surface area contributed by atoms with Gasteiger partial charge in [0.15, 0.2) is 0 Å². The van der Waals surface area contributed by atoms with Crippen LogP contribution in [0, 0.1) is 23.0 Å². The SMILES string of the molecule is Cc1nc(N)nc(N(C)C2CCCCC2C)c1[N+](=O)[O-]. The largest absolute Gasteiger partial charge is 0.368 e. The van der Waals surface area contributed by atoms with Crippen LogP contribution in [-0.2, 0) is 0 Å². The first-order valence-corrected chi connectivity index (χ1v) is 6.93. The number of aromatic nitrogens is 2. The lowest BCUT2D eigenvalue weighted by Gasteiger charge is -2.36. The fraction of sp³-hybridized carbons (Fsp3) is 0.692. The Bertz CT molecular complexity index is 520. The lowest BCUT2D eigenvalue weighted by atomic mass is 9.85. The zero-order valence-electron chi connectivity index (χ0n) is 12.2. The molecule has 7 nitrogen and oxygen atoms in total. The van der Waals surface area contributed by atoms with Crippen molar-refractivity contribution in [1.82, 2.24) is 9.97 Å². The smallest absolute Gasteiger partial charge is 0.332 e. The molecule has 0 bridgehead atoms. The van der Waals surface area contributed by atoms with Gasteiger partial charge in [-0.3, -0.25) is 10.1 Å². The van der Waals surface area contributed by atoms with Gasteiger partial charge in [0, 0.05) is 13.1 Å². The van der Waals surface area contributed by atoms with Crippen molar-refractivity contribution in [3.8, 4) is 0 Å². The molecule has 110 valence electrons. The van der Waals surface area contributed by atoms with Crippen LogP contribution in [-0.4, -0.2) is 28.0 Å². The van der Waals surface area contributed by atoms with Crippen molar-refractivity contribution in [2.45, 2.75) is 45.6 Å². The van der Waals surface area contributed by atoms with Gasteiger partial charge in [0.2, 0.25) is 11.8 Å². The van der Waals surface area contributed by atoms with Gasteiger partial charge in [0.05, 0.1) is 4.92 Å². The van der Waals surface area contributed by atoms with Gasteiger partial charge in [0.1, 0.15) is 5.69 Å². The molecule has 1 heterocycles. The monoisotopic (exact) mass is 279 g/mol. The maximum atomic E-state index is 11.3. The van der Waals surface area contributed by atoms with E-state index in [9.17, 15) is 10.1 Å². The first-order valence-electron chi connectivity index (χ1n) is 6.93. The number of hydrogen-bond donors (Lipinski definition) is 1. The Labute approximate surface area is 118 Å². The minimum Gasteiger partial charge on any atom is -0.368 e. The first-order chi connectivity index (χ1) is 9.41. The second kappa shape index (κ2) is 5.60. The molecular weight excluding hydrogens is 258 g/mol. The summed E-state index contributed by atoms with van der Waals surface area (Å²) in [5.41, 5.74) is 5.93. The number of nitrogen functional groups attached to an aromatic ring is 1. The topological polar surface area (TPSA) is 98.2 Å². The van der Waals surface area contributed by atoms with E-state index in [0.717, 1.165) is 19.3 Å². The number of nitrogens with zero attached hydrogens (tertiary/aromatic N) is 4. The summed E-state index contributed by atoms with van der Waals surface area (Å²) >= 11 is 0. The number of nitrogens with two attached hydrogens (primary N) is 1. The predicted molar refractivity (Wildman–Crippen MR) is 77.7 cm³/mol. The van der Waals surface area contributed by atoms with Gasteiger partial charge in [-0.1, -0.05) is 19.8 Å². The summed E-state index contributed by atoms with van der Waals surface area (Å²) in [5.74, 6) is 0.905. The third-order valence-corrected chi connectivity index (χ3v) is 4.14. The zero-order chi connectivity index (χ0) is 14.9. The molecule has 0 aromatic carbocycles. The van der Waals surface area contributed by atoms with E-state index in [1.165, 1.54) is 6.42 Å². The molecule has 1 aromatic heterocycles. The number of rotatable bonds is 3. The van der Waals surface area contributed by atoms with Crippen molar-refractivity contribution in [3.05, 3.63) is 15.8 Å². The van der Waals surface area contributed by atoms with Gasteiger partial charge in [-0.15, -0.1) is 0 Å². The summed E-state index contributed by atoms with van der Waals surface area (Å²) in [7, 11) is 1.86. The first kappa shape index (κ1) is 14.5. The van der Waals surface area contributed by atoms with Crippen LogP contribution < -0.4 is 10.6 Å². The van der Waals surface area contributed by atoms with Crippen LogP contribution in [0.1, 0.15) is 38.3 Å². The number of aryl methyl sites for hydroxylation is 1. The number of anilines is 2.